The Morgan fingerprint density at radius 1 is 1.13 bits per heavy atom. The fraction of sp³-hybridized carbons (Fsp3) is 0.500. The van der Waals surface area contributed by atoms with Crippen molar-refractivity contribution in [2.45, 2.75) is 70.1 Å². The van der Waals surface area contributed by atoms with Gasteiger partial charge in [0.15, 0.2) is 5.78 Å². The molecule has 0 spiro atoms. The summed E-state index contributed by atoms with van der Waals surface area (Å²) in [6.45, 7) is 4.19. The molecule has 0 amide bonds. The third kappa shape index (κ3) is 2.79. The summed E-state index contributed by atoms with van der Waals surface area (Å²) in [4.78, 5) is 18.0. The number of rotatable bonds is 2. The molecule has 4 nitrogen and oxygen atoms in total. The molecule has 3 atom stereocenters. The maximum atomic E-state index is 12.7. The van der Waals surface area contributed by atoms with E-state index >= 15 is 0 Å². The smallest absolute Gasteiger partial charge is 0.176 e. The fourth-order valence-corrected chi connectivity index (χ4v) is 6.23. The lowest BCUT2D eigenvalue weighted by Crippen LogP contribution is -2.45. The molecule has 30 heavy (non-hydrogen) atoms. The van der Waals surface area contributed by atoms with Crippen molar-refractivity contribution in [1.29, 1.82) is 5.26 Å². The number of allylic oxidation sites excluding steroid dienone is 2. The van der Waals surface area contributed by atoms with Crippen molar-refractivity contribution in [3.63, 3.8) is 0 Å². The number of imidazole rings is 1. The number of benzene rings is 1. The van der Waals surface area contributed by atoms with E-state index in [0.717, 1.165) is 18.5 Å². The standard InChI is InChI=1S/C26H29N3O/c1-17-21-13-14-22-24(26(21,2)15-19(16-27)23(17)30)28-25(18-9-5-3-6-10-18)29(22)20-11-7-4-8-12-20/h4,7-8,11-12,15,17-18,21H,3,5-6,9-10,13-14H2,1-2H3/t17-,21-,26-/m1/s1. The molecule has 1 aromatic carbocycles. The van der Waals surface area contributed by atoms with E-state index in [-0.39, 0.29) is 23.0 Å². The Kier molecular flexibility index (Phi) is 4.65. The van der Waals surface area contributed by atoms with Crippen LogP contribution in [0.25, 0.3) is 5.69 Å². The highest BCUT2D eigenvalue weighted by Gasteiger charge is 2.50. The first-order valence-electron chi connectivity index (χ1n) is 11.4. The summed E-state index contributed by atoms with van der Waals surface area (Å²) in [5.41, 5.74) is 3.49. The molecule has 0 radical (unpaired) electrons. The third-order valence-corrected chi connectivity index (χ3v) is 7.80. The maximum absolute atomic E-state index is 12.7. The summed E-state index contributed by atoms with van der Waals surface area (Å²) in [5.74, 6) is 1.73. The summed E-state index contributed by atoms with van der Waals surface area (Å²) in [7, 11) is 0. The average Bonchev–Trinajstić information content (AvgIpc) is 3.18. The maximum Gasteiger partial charge on any atom is 0.176 e. The van der Waals surface area contributed by atoms with Crippen molar-refractivity contribution in [2.24, 2.45) is 11.8 Å². The van der Waals surface area contributed by atoms with Gasteiger partial charge < -0.3 is 4.57 Å². The van der Waals surface area contributed by atoms with Crippen LogP contribution in [0.15, 0.2) is 42.0 Å². The summed E-state index contributed by atoms with van der Waals surface area (Å²) in [5, 5.41) is 9.61. The molecule has 3 aliphatic rings. The van der Waals surface area contributed by atoms with E-state index < -0.39 is 0 Å². The Labute approximate surface area is 178 Å². The van der Waals surface area contributed by atoms with Crippen molar-refractivity contribution in [3.05, 3.63) is 59.2 Å². The number of Topliss-reactive ketones (excluding diaryl/α,β-unsaturated/α-hetero) is 1. The summed E-state index contributed by atoms with van der Waals surface area (Å²) >= 11 is 0. The zero-order valence-corrected chi connectivity index (χ0v) is 17.9. The lowest BCUT2D eigenvalue weighted by molar-refractivity contribution is -0.121. The predicted octanol–water partition coefficient (Wildman–Crippen LogP) is 5.41. The SMILES string of the molecule is C[C@H]1C(=O)C(C#N)=C[C@@]2(C)c3nc(C4CCCCC4)n(-c4ccccc4)c3CC[C@H]12. The normalized spacial score (nSPS) is 29.0. The van der Waals surface area contributed by atoms with Gasteiger partial charge in [0.25, 0.3) is 0 Å². The van der Waals surface area contributed by atoms with E-state index in [4.69, 9.17) is 4.98 Å². The van der Waals surface area contributed by atoms with Gasteiger partial charge in [0.1, 0.15) is 11.9 Å². The number of nitrogens with zero attached hydrogens (tertiary/aromatic N) is 3. The number of para-hydroxylation sites is 1. The van der Waals surface area contributed by atoms with Crippen LogP contribution in [-0.4, -0.2) is 15.3 Å². The molecule has 1 saturated carbocycles. The fourth-order valence-electron chi connectivity index (χ4n) is 6.23. The highest BCUT2D eigenvalue weighted by Crippen LogP contribution is 2.51. The Hall–Kier alpha value is -2.67. The van der Waals surface area contributed by atoms with Crippen molar-refractivity contribution in [1.82, 2.24) is 9.55 Å². The van der Waals surface area contributed by atoms with E-state index in [0.29, 0.717) is 11.5 Å². The Bertz CT molecular complexity index is 1050. The molecule has 0 bridgehead atoms. The zero-order valence-electron chi connectivity index (χ0n) is 17.9. The average molecular weight is 400 g/mol. The monoisotopic (exact) mass is 399 g/mol. The van der Waals surface area contributed by atoms with Crippen LogP contribution in [0, 0.1) is 23.2 Å². The second-order valence-electron chi connectivity index (χ2n) is 9.52. The molecule has 0 aliphatic heterocycles. The number of carbonyl (C=O) groups excluding carboxylic acids is 1. The molecular formula is C26H29N3O. The lowest BCUT2D eigenvalue weighted by Gasteiger charge is -2.44. The van der Waals surface area contributed by atoms with E-state index in [2.05, 4.69) is 47.9 Å². The number of carbonyl (C=O) groups is 1. The predicted molar refractivity (Wildman–Crippen MR) is 116 cm³/mol. The summed E-state index contributed by atoms with van der Waals surface area (Å²) < 4.78 is 2.41. The molecule has 4 heteroatoms. The number of aromatic nitrogens is 2. The Morgan fingerprint density at radius 2 is 1.87 bits per heavy atom. The third-order valence-electron chi connectivity index (χ3n) is 7.80. The molecule has 3 aliphatic carbocycles. The van der Waals surface area contributed by atoms with Crippen LogP contribution in [-0.2, 0) is 16.6 Å². The molecule has 1 heterocycles. The van der Waals surface area contributed by atoms with Crippen LogP contribution in [0.5, 0.6) is 0 Å². The van der Waals surface area contributed by atoms with Gasteiger partial charge in [-0.15, -0.1) is 0 Å². The van der Waals surface area contributed by atoms with E-state index in [1.54, 1.807) is 0 Å². The van der Waals surface area contributed by atoms with Crippen molar-refractivity contribution in [2.75, 3.05) is 0 Å². The molecule has 154 valence electrons. The van der Waals surface area contributed by atoms with Gasteiger partial charge in [-0.1, -0.05) is 57.4 Å². The lowest BCUT2D eigenvalue weighted by atomic mass is 9.58. The van der Waals surface area contributed by atoms with Crippen LogP contribution < -0.4 is 0 Å². The second kappa shape index (κ2) is 7.23. The number of hydrogen-bond donors (Lipinski definition) is 0. The molecule has 0 N–H and O–H groups in total. The molecule has 0 unspecified atom stereocenters. The van der Waals surface area contributed by atoms with Crippen molar-refractivity contribution < 1.29 is 4.79 Å². The van der Waals surface area contributed by atoms with Gasteiger partial charge in [-0.05, 0) is 43.7 Å². The van der Waals surface area contributed by atoms with E-state index in [1.165, 1.54) is 49.3 Å². The van der Waals surface area contributed by atoms with Crippen LogP contribution in [0.4, 0.5) is 0 Å². The van der Waals surface area contributed by atoms with Gasteiger partial charge in [-0.2, -0.15) is 5.26 Å². The minimum absolute atomic E-state index is 0.00146. The summed E-state index contributed by atoms with van der Waals surface area (Å²) in [6.07, 6.45) is 10.0. The molecule has 1 fully saturated rings. The first-order chi connectivity index (χ1) is 14.5. The molecule has 5 rings (SSSR count). The van der Waals surface area contributed by atoms with Crippen LogP contribution in [0.3, 0.4) is 0 Å². The number of fused-ring (bicyclic) bond motifs is 3. The van der Waals surface area contributed by atoms with Gasteiger partial charge in [0.2, 0.25) is 0 Å². The molecule has 0 saturated heterocycles. The highest BCUT2D eigenvalue weighted by molar-refractivity contribution is 6.02. The van der Waals surface area contributed by atoms with Gasteiger partial charge in [-0.3, -0.25) is 4.79 Å². The molecule has 2 aromatic rings. The number of hydrogen-bond acceptors (Lipinski definition) is 3. The van der Waals surface area contributed by atoms with E-state index in [9.17, 15) is 10.1 Å². The van der Waals surface area contributed by atoms with E-state index in [1.807, 2.05) is 13.0 Å². The summed E-state index contributed by atoms with van der Waals surface area (Å²) in [6, 6.07) is 12.8. The first kappa shape index (κ1) is 19.3. The van der Waals surface area contributed by atoms with Gasteiger partial charge in [0, 0.05) is 28.6 Å². The zero-order chi connectivity index (χ0) is 20.9. The van der Waals surface area contributed by atoms with Crippen LogP contribution in [0.1, 0.15) is 75.5 Å². The number of nitriles is 1. The van der Waals surface area contributed by atoms with Gasteiger partial charge in [0.05, 0.1) is 11.3 Å². The second-order valence-corrected chi connectivity index (χ2v) is 9.52. The number of ketones is 1. The topological polar surface area (TPSA) is 58.7 Å². The largest absolute Gasteiger partial charge is 0.300 e. The van der Waals surface area contributed by atoms with Crippen LogP contribution in [0.2, 0.25) is 0 Å². The minimum Gasteiger partial charge on any atom is -0.300 e. The molecular weight excluding hydrogens is 370 g/mol. The van der Waals surface area contributed by atoms with Gasteiger partial charge in [-0.25, -0.2) is 4.98 Å². The first-order valence-corrected chi connectivity index (χ1v) is 11.4. The Balaban J connectivity index is 1.73. The van der Waals surface area contributed by atoms with Crippen molar-refractivity contribution in [3.8, 4) is 11.8 Å². The minimum atomic E-state index is -0.366. The van der Waals surface area contributed by atoms with Crippen LogP contribution >= 0.6 is 0 Å². The Morgan fingerprint density at radius 3 is 2.57 bits per heavy atom. The quantitative estimate of drug-likeness (QED) is 0.678. The van der Waals surface area contributed by atoms with Crippen molar-refractivity contribution >= 4 is 5.78 Å². The highest BCUT2D eigenvalue weighted by atomic mass is 16.1. The van der Waals surface area contributed by atoms with Gasteiger partial charge >= 0.3 is 0 Å². The molecule has 1 aromatic heterocycles.